The molecule has 0 N–H and O–H groups in total. The third kappa shape index (κ3) is 5.65. The van der Waals surface area contributed by atoms with Crippen molar-refractivity contribution in [3.05, 3.63) is 120 Å². The predicted octanol–water partition coefficient (Wildman–Crippen LogP) is 5.97. The van der Waals surface area contributed by atoms with Crippen molar-refractivity contribution in [1.29, 1.82) is 0 Å². The van der Waals surface area contributed by atoms with Gasteiger partial charge in [-0.25, -0.2) is 18.4 Å². The Bertz CT molecular complexity index is 1320. The third-order valence-corrected chi connectivity index (χ3v) is 6.97. The molecule has 6 nitrogen and oxygen atoms in total. The number of hydrogen-bond donors (Lipinski definition) is 0. The van der Waals surface area contributed by atoms with Crippen molar-refractivity contribution in [3.8, 4) is 0 Å². The van der Waals surface area contributed by atoms with Gasteiger partial charge in [0.2, 0.25) is 21.6 Å². The van der Waals surface area contributed by atoms with Crippen LogP contribution in [0.5, 0.6) is 0 Å². The first-order valence-corrected chi connectivity index (χ1v) is 12.3. The van der Waals surface area contributed by atoms with Crippen LogP contribution < -0.4 is 0 Å². The van der Waals surface area contributed by atoms with Crippen LogP contribution in [0.15, 0.2) is 129 Å². The molecule has 0 bridgehead atoms. The Morgan fingerprint density at radius 1 is 0.543 bits per heavy atom. The van der Waals surface area contributed by atoms with Crippen molar-refractivity contribution in [2.45, 2.75) is 9.79 Å². The average Bonchev–Trinajstić information content (AvgIpc) is 2.92. The van der Waals surface area contributed by atoms with Crippen LogP contribution in [0, 0.1) is 0 Å². The molecule has 0 aliphatic rings. The SMILES string of the molecule is CO/C(=N\c1ccc(S(=O)(=O)c2ccc(/N=C(\OC)c3ccccc3)cc2)cc1)c1ccccc1. The zero-order valence-corrected chi connectivity index (χ0v) is 20.1. The largest absolute Gasteiger partial charge is 0.481 e. The van der Waals surface area contributed by atoms with E-state index in [0.29, 0.717) is 23.2 Å². The van der Waals surface area contributed by atoms with E-state index in [9.17, 15) is 8.42 Å². The Morgan fingerprint density at radius 2 is 0.886 bits per heavy atom. The summed E-state index contributed by atoms with van der Waals surface area (Å²) in [4.78, 5) is 9.33. The molecule has 0 saturated heterocycles. The normalized spacial score (nSPS) is 12.3. The summed E-state index contributed by atoms with van der Waals surface area (Å²) < 4.78 is 37.1. The van der Waals surface area contributed by atoms with Crippen LogP contribution in [0.25, 0.3) is 0 Å². The van der Waals surface area contributed by atoms with E-state index in [2.05, 4.69) is 9.98 Å². The molecular weight excluding hydrogens is 460 g/mol. The van der Waals surface area contributed by atoms with E-state index in [1.165, 1.54) is 24.3 Å². The van der Waals surface area contributed by atoms with E-state index in [-0.39, 0.29) is 9.79 Å². The van der Waals surface area contributed by atoms with E-state index in [4.69, 9.17) is 9.47 Å². The predicted molar refractivity (Wildman–Crippen MR) is 138 cm³/mol. The minimum absolute atomic E-state index is 0.174. The van der Waals surface area contributed by atoms with Crippen LogP contribution in [0.4, 0.5) is 11.4 Å². The van der Waals surface area contributed by atoms with Gasteiger partial charge in [0.25, 0.3) is 0 Å². The van der Waals surface area contributed by atoms with E-state index in [1.807, 2.05) is 60.7 Å². The Balaban J connectivity index is 1.56. The first-order valence-electron chi connectivity index (χ1n) is 10.8. The Morgan fingerprint density at radius 3 is 1.20 bits per heavy atom. The molecule has 176 valence electrons. The molecule has 4 aromatic carbocycles. The minimum Gasteiger partial charge on any atom is -0.481 e. The molecule has 0 aromatic heterocycles. The molecule has 0 fully saturated rings. The molecule has 0 atom stereocenters. The summed E-state index contributed by atoms with van der Waals surface area (Å²) in [5, 5.41) is 0. The summed E-state index contributed by atoms with van der Waals surface area (Å²) in [6, 6.07) is 31.7. The van der Waals surface area contributed by atoms with Crippen LogP contribution in [0.2, 0.25) is 0 Å². The fourth-order valence-electron chi connectivity index (χ4n) is 3.39. The highest BCUT2D eigenvalue weighted by atomic mass is 32.2. The van der Waals surface area contributed by atoms with Gasteiger partial charge in [0.05, 0.1) is 35.4 Å². The van der Waals surface area contributed by atoms with E-state index in [1.54, 1.807) is 38.5 Å². The van der Waals surface area contributed by atoms with Crippen molar-refractivity contribution in [2.24, 2.45) is 9.98 Å². The van der Waals surface area contributed by atoms with Crippen molar-refractivity contribution in [3.63, 3.8) is 0 Å². The molecule has 0 saturated carbocycles. The number of sulfone groups is 1. The monoisotopic (exact) mass is 484 g/mol. The van der Waals surface area contributed by atoms with E-state index in [0.717, 1.165) is 11.1 Å². The zero-order chi connectivity index (χ0) is 24.7. The highest BCUT2D eigenvalue weighted by Crippen LogP contribution is 2.26. The van der Waals surface area contributed by atoms with Gasteiger partial charge in [-0.2, -0.15) is 0 Å². The second-order valence-corrected chi connectivity index (χ2v) is 9.42. The summed E-state index contributed by atoms with van der Waals surface area (Å²) >= 11 is 0. The van der Waals surface area contributed by atoms with Gasteiger partial charge >= 0.3 is 0 Å². The van der Waals surface area contributed by atoms with Crippen molar-refractivity contribution in [1.82, 2.24) is 0 Å². The van der Waals surface area contributed by atoms with Crippen molar-refractivity contribution in [2.75, 3.05) is 14.2 Å². The molecular formula is C28H24N2O4S. The Kier molecular flexibility index (Phi) is 7.38. The first-order chi connectivity index (χ1) is 17.0. The molecule has 0 amide bonds. The van der Waals surface area contributed by atoms with Gasteiger partial charge in [-0.15, -0.1) is 0 Å². The number of methoxy groups -OCH3 is 2. The lowest BCUT2D eigenvalue weighted by atomic mass is 10.2. The zero-order valence-electron chi connectivity index (χ0n) is 19.3. The molecule has 0 aliphatic carbocycles. The maximum Gasteiger partial charge on any atom is 0.220 e. The van der Waals surface area contributed by atoms with Crippen LogP contribution in [0.1, 0.15) is 11.1 Å². The fraction of sp³-hybridized carbons (Fsp3) is 0.0714. The van der Waals surface area contributed by atoms with E-state index >= 15 is 0 Å². The Hall–Kier alpha value is -4.23. The van der Waals surface area contributed by atoms with Crippen LogP contribution >= 0.6 is 0 Å². The molecule has 0 spiro atoms. The fourth-order valence-corrected chi connectivity index (χ4v) is 4.65. The standard InChI is InChI=1S/C28H24N2O4S/c1-33-27(21-9-5-3-6-10-21)29-23-13-17-25(18-14-23)35(31,32)26-19-15-24(16-20-26)30-28(34-2)22-11-7-4-8-12-22/h3-20H,1-2H3/b29-27-,30-28-. The van der Waals surface area contributed by atoms with Crippen molar-refractivity contribution >= 4 is 33.0 Å². The molecule has 35 heavy (non-hydrogen) atoms. The summed E-state index contributed by atoms with van der Waals surface area (Å²) in [6.07, 6.45) is 0. The summed E-state index contributed by atoms with van der Waals surface area (Å²) in [5.74, 6) is 0.895. The third-order valence-electron chi connectivity index (χ3n) is 5.18. The number of benzene rings is 4. The van der Waals surface area contributed by atoms with Crippen LogP contribution in [0.3, 0.4) is 0 Å². The topological polar surface area (TPSA) is 77.3 Å². The highest BCUT2D eigenvalue weighted by Gasteiger charge is 2.17. The maximum absolute atomic E-state index is 13.1. The molecule has 7 heteroatoms. The highest BCUT2D eigenvalue weighted by molar-refractivity contribution is 7.91. The second-order valence-electron chi connectivity index (χ2n) is 7.47. The van der Waals surface area contributed by atoms with Gasteiger partial charge in [-0.1, -0.05) is 36.4 Å². The quantitative estimate of drug-likeness (QED) is 0.250. The maximum atomic E-state index is 13.1. The second kappa shape index (κ2) is 10.8. The smallest absolute Gasteiger partial charge is 0.220 e. The molecule has 4 aromatic rings. The van der Waals surface area contributed by atoms with Crippen LogP contribution in [-0.2, 0) is 19.3 Å². The lowest BCUT2D eigenvalue weighted by Gasteiger charge is -2.08. The average molecular weight is 485 g/mol. The summed E-state index contributed by atoms with van der Waals surface area (Å²) in [7, 11) is -0.605. The Labute approximate surface area is 205 Å². The molecule has 0 radical (unpaired) electrons. The van der Waals surface area contributed by atoms with Gasteiger partial charge < -0.3 is 9.47 Å². The van der Waals surface area contributed by atoms with Crippen LogP contribution in [-0.4, -0.2) is 34.4 Å². The number of ether oxygens (including phenoxy) is 2. The molecule has 0 aliphatic heterocycles. The van der Waals surface area contributed by atoms with Gasteiger partial charge in [0.15, 0.2) is 0 Å². The number of hydrogen-bond acceptors (Lipinski definition) is 6. The summed E-state index contributed by atoms with van der Waals surface area (Å²) in [6.45, 7) is 0. The number of rotatable bonds is 6. The van der Waals surface area contributed by atoms with Gasteiger partial charge in [-0.3, -0.25) is 0 Å². The number of aliphatic imine (C=N–C) groups is 2. The minimum atomic E-state index is -3.70. The molecule has 4 rings (SSSR count). The first kappa shape index (κ1) is 23.9. The lowest BCUT2D eigenvalue weighted by Crippen LogP contribution is -2.03. The number of nitrogens with zero attached hydrogens (tertiary/aromatic N) is 2. The molecule has 0 heterocycles. The van der Waals surface area contributed by atoms with Gasteiger partial charge in [0, 0.05) is 11.1 Å². The van der Waals surface area contributed by atoms with E-state index < -0.39 is 9.84 Å². The van der Waals surface area contributed by atoms with Crippen molar-refractivity contribution < 1.29 is 17.9 Å². The van der Waals surface area contributed by atoms with Gasteiger partial charge in [-0.05, 0) is 72.8 Å². The lowest BCUT2D eigenvalue weighted by molar-refractivity contribution is 0.405. The summed E-state index contributed by atoms with van der Waals surface area (Å²) in [5.41, 5.74) is 2.83. The molecule has 0 unspecified atom stereocenters. The van der Waals surface area contributed by atoms with Gasteiger partial charge in [0.1, 0.15) is 0 Å².